The summed E-state index contributed by atoms with van der Waals surface area (Å²) in [5.41, 5.74) is 1.92. The predicted octanol–water partition coefficient (Wildman–Crippen LogP) is 4.33. The Morgan fingerprint density at radius 3 is 2.54 bits per heavy atom. The molecule has 0 radical (unpaired) electrons. The number of nitrogens with one attached hydrogen (secondary N) is 2. The first-order chi connectivity index (χ1) is 12.7. The normalized spacial score (nSPS) is 10.5. The lowest BCUT2D eigenvalue weighted by Gasteiger charge is -2.05. The fourth-order valence-electron chi connectivity index (χ4n) is 2.59. The van der Waals surface area contributed by atoms with Crippen molar-refractivity contribution in [2.45, 2.75) is 26.2 Å². The van der Waals surface area contributed by atoms with Gasteiger partial charge in [-0.2, -0.15) is 0 Å². The highest BCUT2D eigenvalue weighted by Crippen LogP contribution is 2.24. The Balaban J connectivity index is 1.56. The van der Waals surface area contributed by atoms with E-state index in [1.54, 1.807) is 0 Å². The number of rotatable bonds is 8. The Morgan fingerprint density at radius 2 is 1.81 bits per heavy atom. The summed E-state index contributed by atoms with van der Waals surface area (Å²) in [5.74, 6) is 2.50. The summed E-state index contributed by atoms with van der Waals surface area (Å²) in [7, 11) is 0. The second kappa shape index (κ2) is 8.85. The Kier molecular flexibility index (Phi) is 6.04. The number of imidazole rings is 1. The van der Waals surface area contributed by atoms with Crippen molar-refractivity contribution in [3.05, 3.63) is 66.5 Å². The van der Waals surface area contributed by atoms with Crippen molar-refractivity contribution in [1.29, 1.82) is 0 Å². The first-order valence-corrected chi connectivity index (χ1v) is 8.89. The number of aromatic amines is 1. The van der Waals surface area contributed by atoms with E-state index < -0.39 is 0 Å². The molecule has 0 unspecified atom stereocenters. The van der Waals surface area contributed by atoms with Crippen LogP contribution < -0.4 is 10.1 Å². The van der Waals surface area contributed by atoms with Crippen molar-refractivity contribution in [1.82, 2.24) is 15.3 Å². The highest BCUT2D eigenvalue weighted by atomic mass is 16.5. The van der Waals surface area contributed by atoms with Gasteiger partial charge < -0.3 is 15.0 Å². The molecule has 0 saturated heterocycles. The van der Waals surface area contributed by atoms with E-state index in [1.807, 2.05) is 67.7 Å². The summed E-state index contributed by atoms with van der Waals surface area (Å²) in [5, 5.41) is 2.90. The van der Waals surface area contributed by atoms with Crippen LogP contribution in [-0.2, 0) is 11.2 Å². The number of hydrogen-bond acceptors (Lipinski definition) is 3. The molecule has 26 heavy (non-hydrogen) atoms. The molecule has 0 aliphatic carbocycles. The molecule has 1 amide bonds. The van der Waals surface area contributed by atoms with Crippen LogP contribution in [-0.4, -0.2) is 22.4 Å². The molecule has 1 aromatic heterocycles. The van der Waals surface area contributed by atoms with Crippen LogP contribution in [0.4, 0.5) is 0 Å². The maximum Gasteiger partial charge on any atom is 0.219 e. The predicted molar refractivity (Wildman–Crippen MR) is 102 cm³/mol. The summed E-state index contributed by atoms with van der Waals surface area (Å²) in [4.78, 5) is 19.3. The fraction of sp³-hybridized carbons (Fsp3) is 0.238. The van der Waals surface area contributed by atoms with Gasteiger partial charge in [0.1, 0.15) is 17.3 Å². The second-order valence-electron chi connectivity index (χ2n) is 6.03. The standard InChI is InChI=1S/C21H23N3O2/c1-2-6-20(25)22-14-13-17-15-23-21(24-17)16-9-11-19(12-10-16)26-18-7-4-3-5-8-18/h3-5,7-12,15H,2,6,13-14H2,1H3,(H,22,25)(H,23,24). The van der Waals surface area contributed by atoms with E-state index in [1.165, 1.54) is 0 Å². The van der Waals surface area contributed by atoms with Gasteiger partial charge in [0.2, 0.25) is 5.91 Å². The molecule has 2 N–H and O–H groups in total. The number of hydrogen-bond donors (Lipinski definition) is 2. The minimum absolute atomic E-state index is 0.0947. The highest BCUT2D eigenvalue weighted by Gasteiger charge is 2.06. The maximum atomic E-state index is 11.5. The largest absolute Gasteiger partial charge is 0.457 e. The number of ether oxygens (including phenoxy) is 1. The van der Waals surface area contributed by atoms with Crippen LogP contribution in [0.5, 0.6) is 11.5 Å². The van der Waals surface area contributed by atoms with Gasteiger partial charge >= 0.3 is 0 Å². The molecule has 3 aromatic rings. The van der Waals surface area contributed by atoms with E-state index in [-0.39, 0.29) is 5.91 Å². The zero-order valence-corrected chi connectivity index (χ0v) is 14.9. The minimum atomic E-state index is 0.0947. The maximum absolute atomic E-state index is 11.5. The highest BCUT2D eigenvalue weighted by molar-refractivity contribution is 5.75. The third kappa shape index (κ3) is 4.96. The zero-order chi connectivity index (χ0) is 18.2. The van der Waals surface area contributed by atoms with Gasteiger partial charge in [-0.3, -0.25) is 4.79 Å². The van der Waals surface area contributed by atoms with E-state index in [2.05, 4.69) is 15.3 Å². The summed E-state index contributed by atoms with van der Waals surface area (Å²) in [6.45, 7) is 2.60. The van der Waals surface area contributed by atoms with Crippen LogP contribution in [0.3, 0.4) is 0 Å². The van der Waals surface area contributed by atoms with Gasteiger partial charge in [-0.15, -0.1) is 0 Å². The summed E-state index contributed by atoms with van der Waals surface area (Å²) >= 11 is 0. The molecular formula is C21H23N3O2. The number of amides is 1. The number of carbonyl (C=O) groups excluding carboxylic acids is 1. The lowest BCUT2D eigenvalue weighted by atomic mass is 10.2. The van der Waals surface area contributed by atoms with Crippen LogP contribution in [0.25, 0.3) is 11.4 Å². The van der Waals surface area contributed by atoms with Crippen molar-refractivity contribution in [2.24, 2.45) is 0 Å². The van der Waals surface area contributed by atoms with Crippen molar-refractivity contribution in [3.63, 3.8) is 0 Å². The van der Waals surface area contributed by atoms with Gasteiger partial charge in [-0.25, -0.2) is 4.98 Å². The molecule has 1 heterocycles. The molecule has 0 spiro atoms. The number of carbonyl (C=O) groups is 1. The van der Waals surface area contributed by atoms with Crippen LogP contribution in [0.1, 0.15) is 25.5 Å². The van der Waals surface area contributed by atoms with Crippen molar-refractivity contribution < 1.29 is 9.53 Å². The smallest absolute Gasteiger partial charge is 0.219 e. The van der Waals surface area contributed by atoms with Gasteiger partial charge in [-0.1, -0.05) is 25.1 Å². The van der Waals surface area contributed by atoms with Crippen LogP contribution in [0.2, 0.25) is 0 Å². The topological polar surface area (TPSA) is 67.0 Å². The Hall–Kier alpha value is -3.08. The van der Waals surface area contributed by atoms with Crippen LogP contribution >= 0.6 is 0 Å². The average Bonchev–Trinajstić information content (AvgIpc) is 3.12. The summed E-state index contributed by atoms with van der Waals surface area (Å²) < 4.78 is 5.80. The quantitative estimate of drug-likeness (QED) is 0.636. The molecule has 0 aliphatic rings. The Labute approximate surface area is 153 Å². The van der Waals surface area contributed by atoms with Gasteiger partial charge in [0.05, 0.1) is 5.69 Å². The van der Waals surface area contributed by atoms with Crippen molar-refractivity contribution in [3.8, 4) is 22.9 Å². The van der Waals surface area contributed by atoms with Gasteiger partial charge in [0.25, 0.3) is 0 Å². The van der Waals surface area contributed by atoms with Gasteiger partial charge in [0, 0.05) is 31.1 Å². The van der Waals surface area contributed by atoms with E-state index >= 15 is 0 Å². The zero-order valence-electron chi connectivity index (χ0n) is 14.9. The first kappa shape index (κ1) is 17.7. The number of para-hydroxylation sites is 1. The average molecular weight is 349 g/mol. The minimum Gasteiger partial charge on any atom is -0.457 e. The molecule has 5 heteroatoms. The van der Waals surface area contributed by atoms with E-state index in [0.717, 1.165) is 35.0 Å². The van der Waals surface area contributed by atoms with Gasteiger partial charge in [-0.05, 0) is 42.8 Å². The molecular weight excluding hydrogens is 326 g/mol. The fourth-order valence-corrected chi connectivity index (χ4v) is 2.59. The molecule has 134 valence electrons. The molecule has 0 fully saturated rings. The first-order valence-electron chi connectivity index (χ1n) is 8.89. The monoisotopic (exact) mass is 349 g/mol. The molecule has 0 bridgehead atoms. The number of aromatic nitrogens is 2. The molecule has 0 saturated carbocycles. The molecule has 5 nitrogen and oxygen atoms in total. The number of H-pyrrole nitrogens is 1. The van der Waals surface area contributed by atoms with E-state index in [9.17, 15) is 4.79 Å². The number of nitrogens with zero attached hydrogens (tertiary/aromatic N) is 1. The summed E-state index contributed by atoms with van der Waals surface area (Å²) in [6.07, 6.45) is 4.03. The lowest BCUT2D eigenvalue weighted by molar-refractivity contribution is -0.121. The van der Waals surface area contributed by atoms with Crippen LogP contribution in [0, 0.1) is 0 Å². The Bertz CT molecular complexity index is 826. The van der Waals surface area contributed by atoms with E-state index in [0.29, 0.717) is 19.4 Å². The third-order valence-corrected chi connectivity index (χ3v) is 3.92. The summed E-state index contributed by atoms with van der Waals surface area (Å²) in [6, 6.07) is 17.5. The van der Waals surface area contributed by atoms with Crippen molar-refractivity contribution in [2.75, 3.05) is 6.54 Å². The SMILES string of the molecule is CCCC(=O)NCCc1c[nH]c(-c2ccc(Oc3ccccc3)cc2)n1. The van der Waals surface area contributed by atoms with Crippen molar-refractivity contribution >= 4 is 5.91 Å². The molecule has 3 rings (SSSR count). The number of benzene rings is 2. The van der Waals surface area contributed by atoms with Gasteiger partial charge in [0.15, 0.2) is 0 Å². The second-order valence-corrected chi connectivity index (χ2v) is 6.03. The molecule has 0 aliphatic heterocycles. The molecule has 2 aromatic carbocycles. The molecule has 0 atom stereocenters. The third-order valence-electron chi connectivity index (χ3n) is 3.92. The van der Waals surface area contributed by atoms with E-state index in [4.69, 9.17) is 4.74 Å². The lowest BCUT2D eigenvalue weighted by Crippen LogP contribution is -2.25. The van der Waals surface area contributed by atoms with Crippen LogP contribution in [0.15, 0.2) is 60.8 Å². The Morgan fingerprint density at radius 1 is 1.08 bits per heavy atom.